The molecule has 0 aliphatic carbocycles. The smallest absolute Gasteiger partial charge is 0.129 e. The number of hydrogen-bond donors (Lipinski definition) is 1. The van der Waals surface area contributed by atoms with Crippen LogP contribution in [0.25, 0.3) is 0 Å². The first-order valence-electron chi connectivity index (χ1n) is 7.59. The lowest BCUT2D eigenvalue weighted by Crippen LogP contribution is -2.34. The van der Waals surface area contributed by atoms with Gasteiger partial charge in [0.15, 0.2) is 0 Å². The topological polar surface area (TPSA) is 28.2 Å². The van der Waals surface area contributed by atoms with Gasteiger partial charge in [-0.2, -0.15) is 0 Å². The van der Waals surface area contributed by atoms with Crippen molar-refractivity contribution >= 4 is 5.82 Å². The lowest BCUT2D eigenvalue weighted by molar-refractivity contribution is 0.199. The average molecular weight is 258 g/mol. The van der Waals surface area contributed by atoms with Gasteiger partial charge in [-0.15, -0.1) is 0 Å². The standard InChI is InChI=1S/C16H24N3/c1-2-19-10-7-13(8-11-19)12-15-6-5-14-4-3-9-17-16(14)18-15/h5-6,13H,1-4,7-12H2,(H,17,18). The number of nitrogens with zero attached hydrogens (tertiary/aromatic N) is 2. The summed E-state index contributed by atoms with van der Waals surface area (Å²) in [5, 5.41) is 3.43. The van der Waals surface area contributed by atoms with E-state index in [-0.39, 0.29) is 0 Å². The number of hydrogen-bond acceptors (Lipinski definition) is 3. The van der Waals surface area contributed by atoms with E-state index in [4.69, 9.17) is 4.98 Å². The molecule has 0 aromatic carbocycles. The summed E-state index contributed by atoms with van der Waals surface area (Å²) in [4.78, 5) is 7.25. The maximum absolute atomic E-state index is 4.81. The Bertz CT molecular complexity index is 422. The molecule has 0 bridgehead atoms. The number of aromatic nitrogens is 1. The van der Waals surface area contributed by atoms with E-state index in [2.05, 4.69) is 29.3 Å². The molecule has 3 nitrogen and oxygen atoms in total. The predicted molar refractivity (Wildman–Crippen MR) is 79.3 cm³/mol. The molecule has 1 saturated heterocycles. The molecule has 3 rings (SSSR count). The summed E-state index contributed by atoms with van der Waals surface area (Å²) >= 11 is 0. The highest BCUT2D eigenvalue weighted by molar-refractivity contribution is 5.47. The van der Waals surface area contributed by atoms with Crippen LogP contribution >= 0.6 is 0 Å². The fourth-order valence-electron chi connectivity index (χ4n) is 3.19. The lowest BCUT2D eigenvalue weighted by Gasteiger charge is -2.31. The molecule has 103 valence electrons. The number of piperidine rings is 1. The minimum absolute atomic E-state index is 0.803. The molecule has 0 saturated carbocycles. The fourth-order valence-corrected chi connectivity index (χ4v) is 3.19. The van der Waals surface area contributed by atoms with Crippen molar-refractivity contribution in [1.29, 1.82) is 0 Å². The number of fused-ring (bicyclic) bond motifs is 1. The van der Waals surface area contributed by atoms with Gasteiger partial charge in [0.1, 0.15) is 5.82 Å². The Labute approximate surface area is 116 Å². The molecular formula is C16H24N3. The molecule has 1 aromatic rings. The van der Waals surface area contributed by atoms with Gasteiger partial charge >= 0.3 is 0 Å². The first-order chi connectivity index (χ1) is 9.35. The third-order valence-corrected chi connectivity index (χ3v) is 4.47. The molecular weight excluding hydrogens is 234 g/mol. The van der Waals surface area contributed by atoms with Crippen molar-refractivity contribution < 1.29 is 0 Å². The molecule has 2 aliphatic heterocycles. The zero-order chi connectivity index (χ0) is 13.1. The molecule has 2 aliphatic rings. The van der Waals surface area contributed by atoms with E-state index < -0.39 is 0 Å². The van der Waals surface area contributed by atoms with Gasteiger partial charge in [-0.25, -0.2) is 4.98 Å². The van der Waals surface area contributed by atoms with Gasteiger partial charge in [-0.05, 0) is 76.2 Å². The van der Waals surface area contributed by atoms with Gasteiger partial charge in [0.25, 0.3) is 0 Å². The Kier molecular flexibility index (Phi) is 4.02. The SMILES string of the molecule is [CH2]CN1CCC(Cc2ccc3c(n2)NCCC3)CC1. The first-order valence-corrected chi connectivity index (χ1v) is 7.59. The summed E-state index contributed by atoms with van der Waals surface area (Å²) in [6.07, 6.45) is 6.14. The molecule has 19 heavy (non-hydrogen) atoms. The minimum atomic E-state index is 0.803. The molecule has 3 heterocycles. The second-order valence-electron chi connectivity index (χ2n) is 5.83. The van der Waals surface area contributed by atoms with E-state index in [1.165, 1.54) is 50.0 Å². The van der Waals surface area contributed by atoms with Gasteiger partial charge in [0.2, 0.25) is 0 Å². The molecule has 0 atom stereocenters. The van der Waals surface area contributed by atoms with Crippen molar-refractivity contribution in [3.63, 3.8) is 0 Å². The lowest BCUT2D eigenvalue weighted by atomic mass is 9.91. The average Bonchev–Trinajstić information content (AvgIpc) is 2.48. The molecule has 0 spiro atoms. The van der Waals surface area contributed by atoms with Crippen LogP contribution in [0.2, 0.25) is 0 Å². The van der Waals surface area contributed by atoms with Crippen molar-refractivity contribution in [2.75, 3.05) is 31.5 Å². The van der Waals surface area contributed by atoms with Crippen LogP contribution in [0.15, 0.2) is 12.1 Å². The Morgan fingerprint density at radius 3 is 2.95 bits per heavy atom. The van der Waals surface area contributed by atoms with Gasteiger partial charge in [0, 0.05) is 12.2 Å². The largest absolute Gasteiger partial charge is 0.370 e. The summed E-state index contributed by atoms with van der Waals surface area (Å²) in [7, 11) is 0. The first kappa shape index (κ1) is 12.9. The number of anilines is 1. The fraction of sp³-hybridized carbons (Fsp3) is 0.625. The van der Waals surface area contributed by atoms with Crippen LogP contribution in [0.1, 0.15) is 30.5 Å². The normalized spacial score (nSPS) is 20.9. The Hall–Kier alpha value is -1.09. The van der Waals surface area contributed by atoms with Gasteiger partial charge < -0.3 is 10.2 Å². The number of rotatable bonds is 3. The van der Waals surface area contributed by atoms with E-state index in [0.29, 0.717) is 0 Å². The van der Waals surface area contributed by atoms with Crippen LogP contribution in [-0.2, 0) is 12.8 Å². The van der Waals surface area contributed by atoms with E-state index >= 15 is 0 Å². The van der Waals surface area contributed by atoms with Gasteiger partial charge in [-0.1, -0.05) is 6.07 Å². The summed E-state index contributed by atoms with van der Waals surface area (Å²) in [5.41, 5.74) is 2.66. The van der Waals surface area contributed by atoms with Crippen molar-refractivity contribution in [1.82, 2.24) is 9.88 Å². The summed E-state index contributed by atoms with van der Waals surface area (Å²) in [6.45, 7) is 8.41. The van der Waals surface area contributed by atoms with Gasteiger partial charge in [-0.3, -0.25) is 0 Å². The predicted octanol–water partition coefficient (Wildman–Crippen LogP) is 2.53. The van der Waals surface area contributed by atoms with E-state index in [1.807, 2.05) is 0 Å². The highest BCUT2D eigenvalue weighted by Gasteiger charge is 2.19. The van der Waals surface area contributed by atoms with Crippen molar-refractivity contribution in [3.05, 3.63) is 30.3 Å². The van der Waals surface area contributed by atoms with Gasteiger partial charge in [0.05, 0.1) is 0 Å². The number of likely N-dealkylation sites (tertiary alicyclic amines) is 1. The molecule has 1 radical (unpaired) electrons. The molecule has 1 N–H and O–H groups in total. The van der Waals surface area contributed by atoms with Crippen molar-refractivity contribution in [2.24, 2.45) is 5.92 Å². The van der Waals surface area contributed by atoms with E-state index in [0.717, 1.165) is 31.2 Å². The number of pyridine rings is 1. The highest BCUT2D eigenvalue weighted by Crippen LogP contribution is 2.24. The zero-order valence-electron chi connectivity index (χ0n) is 11.7. The van der Waals surface area contributed by atoms with Crippen LogP contribution in [0.5, 0.6) is 0 Å². The van der Waals surface area contributed by atoms with Crippen LogP contribution < -0.4 is 5.32 Å². The van der Waals surface area contributed by atoms with Crippen molar-refractivity contribution in [3.8, 4) is 0 Å². The molecule has 1 fully saturated rings. The van der Waals surface area contributed by atoms with Crippen LogP contribution in [0.3, 0.4) is 0 Å². The Morgan fingerprint density at radius 1 is 1.32 bits per heavy atom. The Balaban J connectivity index is 1.61. The summed E-state index contributed by atoms with van der Waals surface area (Å²) in [6, 6.07) is 4.51. The quantitative estimate of drug-likeness (QED) is 0.903. The highest BCUT2D eigenvalue weighted by atomic mass is 15.1. The van der Waals surface area contributed by atoms with Crippen LogP contribution in [0.4, 0.5) is 5.82 Å². The second kappa shape index (κ2) is 5.91. The third-order valence-electron chi connectivity index (χ3n) is 4.47. The number of nitrogens with one attached hydrogen (secondary N) is 1. The van der Waals surface area contributed by atoms with E-state index in [1.54, 1.807) is 0 Å². The number of aryl methyl sites for hydroxylation is 1. The molecule has 0 unspecified atom stereocenters. The van der Waals surface area contributed by atoms with Crippen LogP contribution in [-0.4, -0.2) is 36.1 Å². The Morgan fingerprint density at radius 2 is 2.16 bits per heavy atom. The zero-order valence-corrected chi connectivity index (χ0v) is 11.7. The monoisotopic (exact) mass is 258 g/mol. The van der Waals surface area contributed by atoms with Crippen molar-refractivity contribution in [2.45, 2.75) is 32.1 Å². The molecule has 1 aromatic heterocycles. The van der Waals surface area contributed by atoms with Crippen LogP contribution in [0, 0.1) is 12.8 Å². The van der Waals surface area contributed by atoms with E-state index in [9.17, 15) is 0 Å². The summed E-state index contributed by atoms with van der Waals surface area (Å²) in [5.74, 6) is 1.94. The third kappa shape index (κ3) is 3.08. The summed E-state index contributed by atoms with van der Waals surface area (Å²) < 4.78 is 0. The maximum Gasteiger partial charge on any atom is 0.129 e. The molecule has 3 heteroatoms. The molecule has 0 amide bonds. The maximum atomic E-state index is 4.81. The second-order valence-corrected chi connectivity index (χ2v) is 5.83. The minimum Gasteiger partial charge on any atom is -0.370 e.